The monoisotopic (exact) mass is 432 g/mol. The Labute approximate surface area is 167 Å². The van der Waals surface area contributed by atoms with Gasteiger partial charge >= 0.3 is 0 Å². The van der Waals surface area contributed by atoms with E-state index in [1.54, 1.807) is 36.4 Å². The van der Waals surface area contributed by atoms with E-state index in [9.17, 15) is 14.3 Å². The van der Waals surface area contributed by atoms with Crippen LogP contribution in [0.5, 0.6) is 5.75 Å². The van der Waals surface area contributed by atoms with Crippen LogP contribution in [0.4, 0.5) is 10.1 Å². The first-order valence-electron chi connectivity index (χ1n) is 8.95. The van der Waals surface area contributed by atoms with Gasteiger partial charge in [-0.3, -0.25) is 4.79 Å². The number of allylic oxidation sites excluding steroid dienone is 1. The lowest BCUT2D eigenvalue weighted by Crippen LogP contribution is -2.46. The van der Waals surface area contributed by atoms with Gasteiger partial charge in [-0.1, -0.05) is 19.1 Å². The molecule has 0 atom stereocenters. The average molecular weight is 433 g/mol. The second-order valence-corrected chi connectivity index (χ2v) is 7.35. The van der Waals surface area contributed by atoms with Gasteiger partial charge in [-0.05, 0) is 64.4 Å². The molecular formula is C21H22BrFN2O2. The van der Waals surface area contributed by atoms with Crippen molar-refractivity contribution in [2.24, 2.45) is 0 Å². The van der Waals surface area contributed by atoms with E-state index in [2.05, 4.69) is 27.8 Å². The topological polar surface area (TPSA) is 43.8 Å². The summed E-state index contributed by atoms with van der Waals surface area (Å²) < 4.78 is 15.1. The molecule has 2 aromatic carbocycles. The van der Waals surface area contributed by atoms with E-state index in [0.717, 1.165) is 38.3 Å². The third-order valence-electron chi connectivity index (χ3n) is 4.79. The first kappa shape index (κ1) is 19.6. The van der Waals surface area contributed by atoms with E-state index >= 15 is 0 Å². The molecule has 1 aliphatic rings. The molecule has 0 aliphatic carbocycles. The lowest BCUT2D eigenvalue weighted by molar-refractivity contribution is 0.104. The van der Waals surface area contributed by atoms with Crippen molar-refractivity contribution >= 4 is 33.5 Å². The number of piperazine rings is 1. The highest BCUT2D eigenvalue weighted by Crippen LogP contribution is 2.25. The van der Waals surface area contributed by atoms with E-state index in [-0.39, 0.29) is 17.3 Å². The lowest BCUT2D eigenvalue weighted by atomic mass is 10.1. The zero-order valence-corrected chi connectivity index (χ0v) is 16.7. The Morgan fingerprint density at radius 2 is 1.93 bits per heavy atom. The van der Waals surface area contributed by atoms with Gasteiger partial charge in [0.2, 0.25) is 0 Å². The molecule has 0 aromatic heterocycles. The molecule has 1 heterocycles. The van der Waals surface area contributed by atoms with Crippen molar-refractivity contribution in [1.82, 2.24) is 4.90 Å². The molecule has 0 bridgehead atoms. The minimum Gasteiger partial charge on any atom is -0.507 e. The SMILES string of the molecule is CCN1CCN(c2ccc(C(=O)C=Cc3ccc(O)c(Br)c3)cc2F)CC1. The summed E-state index contributed by atoms with van der Waals surface area (Å²) in [6.45, 7) is 6.54. The number of hydrogen-bond donors (Lipinski definition) is 1. The van der Waals surface area contributed by atoms with Crippen LogP contribution in [-0.4, -0.2) is 48.5 Å². The number of phenolic OH excluding ortho intramolecular Hbond substituents is 1. The minimum atomic E-state index is -0.369. The standard InChI is InChI=1S/C21H22BrFN2O2/c1-2-24-9-11-25(12-10-24)19-6-5-16(14-18(19)23)20(26)7-3-15-4-8-21(27)17(22)13-15/h3-8,13-14,27H,2,9-12H2,1H3. The number of hydrogen-bond acceptors (Lipinski definition) is 4. The Balaban J connectivity index is 1.70. The van der Waals surface area contributed by atoms with Gasteiger partial charge in [-0.2, -0.15) is 0 Å². The zero-order valence-electron chi connectivity index (χ0n) is 15.2. The molecule has 2 aromatic rings. The van der Waals surface area contributed by atoms with E-state index < -0.39 is 0 Å². The summed E-state index contributed by atoms with van der Waals surface area (Å²) in [5.74, 6) is -0.497. The van der Waals surface area contributed by atoms with Crippen molar-refractivity contribution in [1.29, 1.82) is 0 Å². The predicted octanol–water partition coefficient (Wildman–Crippen LogP) is 4.33. The molecule has 0 spiro atoms. The fourth-order valence-electron chi connectivity index (χ4n) is 3.12. The van der Waals surface area contributed by atoms with Gasteiger partial charge < -0.3 is 14.9 Å². The number of carbonyl (C=O) groups excluding carboxylic acids is 1. The highest BCUT2D eigenvalue weighted by Gasteiger charge is 2.19. The Morgan fingerprint density at radius 1 is 1.19 bits per heavy atom. The second kappa shape index (κ2) is 8.67. The minimum absolute atomic E-state index is 0.135. The number of likely N-dealkylation sites (N-methyl/N-ethyl adjacent to an activating group) is 1. The fourth-order valence-corrected chi connectivity index (χ4v) is 3.51. The summed E-state index contributed by atoms with van der Waals surface area (Å²) in [7, 11) is 0. The van der Waals surface area contributed by atoms with Gasteiger partial charge in [0.25, 0.3) is 0 Å². The fraction of sp³-hybridized carbons (Fsp3) is 0.286. The van der Waals surface area contributed by atoms with Crippen LogP contribution in [0, 0.1) is 5.82 Å². The van der Waals surface area contributed by atoms with Gasteiger partial charge in [-0.25, -0.2) is 4.39 Å². The van der Waals surface area contributed by atoms with Crippen molar-refractivity contribution < 1.29 is 14.3 Å². The molecule has 0 amide bonds. The lowest BCUT2D eigenvalue weighted by Gasteiger charge is -2.35. The average Bonchev–Trinajstić information content (AvgIpc) is 2.68. The maximum Gasteiger partial charge on any atom is 0.185 e. The normalized spacial score (nSPS) is 15.4. The van der Waals surface area contributed by atoms with Gasteiger partial charge in [0.15, 0.2) is 5.78 Å². The molecule has 0 unspecified atom stereocenters. The summed E-state index contributed by atoms with van der Waals surface area (Å²) in [6.07, 6.45) is 3.05. The van der Waals surface area contributed by atoms with E-state index in [1.165, 1.54) is 12.1 Å². The van der Waals surface area contributed by atoms with Gasteiger partial charge in [0.05, 0.1) is 10.2 Å². The third-order valence-corrected chi connectivity index (χ3v) is 5.43. The number of nitrogens with zero attached hydrogens (tertiary/aromatic N) is 2. The number of ketones is 1. The summed E-state index contributed by atoms with van der Waals surface area (Å²) in [6, 6.07) is 9.61. The first-order valence-corrected chi connectivity index (χ1v) is 9.75. The van der Waals surface area contributed by atoms with Crippen LogP contribution in [0.3, 0.4) is 0 Å². The zero-order chi connectivity index (χ0) is 19.4. The largest absolute Gasteiger partial charge is 0.507 e. The number of rotatable bonds is 5. The Hall–Kier alpha value is -2.18. The second-order valence-electron chi connectivity index (χ2n) is 6.50. The van der Waals surface area contributed by atoms with Crippen LogP contribution in [0.15, 0.2) is 46.9 Å². The summed E-state index contributed by atoms with van der Waals surface area (Å²) >= 11 is 3.24. The van der Waals surface area contributed by atoms with Crippen molar-refractivity contribution in [3.63, 3.8) is 0 Å². The van der Waals surface area contributed by atoms with Crippen molar-refractivity contribution in [3.8, 4) is 5.75 Å². The van der Waals surface area contributed by atoms with Gasteiger partial charge in [-0.15, -0.1) is 0 Å². The molecule has 1 saturated heterocycles. The predicted molar refractivity (Wildman–Crippen MR) is 110 cm³/mol. The maximum atomic E-state index is 14.6. The van der Waals surface area contributed by atoms with Crippen LogP contribution in [0.2, 0.25) is 0 Å². The highest BCUT2D eigenvalue weighted by molar-refractivity contribution is 9.10. The molecule has 4 nitrogen and oxygen atoms in total. The quantitative estimate of drug-likeness (QED) is 0.563. The van der Waals surface area contributed by atoms with Crippen LogP contribution in [-0.2, 0) is 0 Å². The van der Waals surface area contributed by atoms with Gasteiger partial charge in [0, 0.05) is 31.7 Å². The van der Waals surface area contributed by atoms with Crippen LogP contribution < -0.4 is 4.90 Å². The smallest absolute Gasteiger partial charge is 0.185 e. The molecule has 0 radical (unpaired) electrons. The first-order chi connectivity index (χ1) is 13.0. The number of phenols is 1. The molecule has 3 rings (SSSR count). The maximum absolute atomic E-state index is 14.6. The highest BCUT2D eigenvalue weighted by atomic mass is 79.9. The molecule has 142 valence electrons. The number of carbonyl (C=O) groups is 1. The van der Waals surface area contributed by atoms with Crippen molar-refractivity contribution in [2.75, 3.05) is 37.6 Å². The summed E-state index contributed by atoms with van der Waals surface area (Å²) in [5.41, 5.74) is 1.63. The van der Waals surface area contributed by atoms with E-state index in [1.807, 2.05) is 4.90 Å². The van der Waals surface area contributed by atoms with Crippen LogP contribution in [0.25, 0.3) is 6.08 Å². The van der Waals surface area contributed by atoms with Crippen LogP contribution >= 0.6 is 15.9 Å². The molecule has 1 aliphatic heterocycles. The number of halogens is 2. The molecule has 1 fully saturated rings. The molecule has 0 saturated carbocycles. The Kier molecular flexibility index (Phi) is 6.29. The third kappa shape index (κ3) is 4.76. The van der Waals surface area contributed by atoms with E-state index in [0.29, 0.717) is 15.7 Å². The van der Waals surface area contributed by atoms with Crippen molar-refractivity contribution in [2.45, 2.75) is 6.92 Å². The molecule has 6 heteroatoms. The van der Waals surface area contributed by atoms with Crippen LogP contribution in [0.1, 0.15) is 22.8 Å². The van der Waals surface area contributed by atoms with Crippen molar-refractivity contribution in [3.05, 3.63) is 63.9 Å². The molecule has 1 N–H and O–H groups in total. The molecule has 27 heavy (non-hydrogen) atoms. The Bertz CT molecular complexity index is 861. The van der Waals surface area contributed by atoms with Gasteiger partial charge in [0.1, 0.15) is 11.6 Å². The summed E-state index contributed by atoms with van der Waals surface area (Å²) in [5, 5.41) is 9.51. The Morgan fingerprint density at radius 3 is 2.56 bits per heavy atom. The molecular weight excluding hydrogens is 411 g/mol. The van der Waals surface area contributed by atoms with E-state index in [4.69, 9.17) is 0 Å². The number of aromatic hydroxyl groups is 1. The number of anilines is 1. The number of benzene rings is 2. The summed E-state index contributed by atoms with van der Waals surface area (Å²) in [4.78, 5) is 16.7.